The van der Waals surface area contributed by atoms with E-state index in [0.29, 0.717) is 18.6 Å². The highest BCUT2D eigenvalue weighted by atomic mass is 16.5. The summed E-state index contributed by atoms with van der Waals surface area (Å²) in [4.78, 5) is 26.2. The molecule has 1 unspecified atom stereocenters. The van der Waals surface area contributed by atoms with Crippen LogP contribution in [0.4, 0.5) is 0 Å². The quantitative estimate of drug-likeness (QED) is 0.335. The molecule has 146 valence electrons. The van der Waals surface area contributed by atoms with Gasteiger partial charge in [-0.1, -0.05) is 18.7 Å². The van der Waals surface area contributed by atoms with Gasteiger partial charge in [0, 0.05) is 19.0 Å². The Labute approximate surface area is 156 Å². The monoisotopic (exact) mass is 364 g/mol. The number of amides is 2. The lowest BCUT2D eigenvalue weighted by Gasteiger charge is -2.25. The van der Waals surface area contributed by atoms with E-state index in [0.717, 1.165) is 25.8 Å². The molecule has 0 aliphatic carbocycles. The van der Waals surface area contributed by atoms with Crippen LogP contribution in [0.3, 0.4) is 0 Å². The largest absolute Gasteiger partial charge is 0.491 e. The Balaban J connectivity index is 2.25. The number of aliphatic hydroxyl groups is 1. The lowest BCUT2D eigenvalue weighted by Crippen LogP contribution is -2.47. The fourth-order valence-corrected chi connectivity index (χ4v) is 2.86. The maximum Gasteiger partial charge on any atom is 0.245 e. The van der Waals surface area contributed by atoms with Gasteiger partial charge in [0.1, 0.15) is 18.4 Å². The second-order valence-electron chi connectivity index (χ2n) is 6.48. The zero-order valence-corrected chi connectivity index (χ0v) is 15.9. The van der Waals surface area contributed by atoms with E-state index in [-0.39, 0.29) is 31.1 Å². The van der Waals surface area contributed by atoms with Gasteiger partial charge < -0.3 is 20.1 Å². The molecule has 0 aromatic rings. The molecule has 0 radical (unpaired) electrons. The summed E-state index contributed by atoms with van der Waals surface area (Å²) in [7, 11) is 0. The Morgan fingerprint density at radius 3 is 2.85 bits per heavy atom. The number of allylic oxidation sites excluding steroid dienone is 4. The van der Waals surface area contributed by atoms with Crippen LogP contribution in [-0.2, 0) is 14.3 Å². The number of likely N-dealkylation sites (tertiary alicyclic amines) is 1. The van der Waals surface area contributed by atoms with Crippen LogP contribution in [0.5, 0.6) is 0 Å². The van der Waals surface area contributed by atoms with Crippen molar-refractivity contribution in [3.8, 4) is 0 Å². The van der Waals surface area contributed by atoms with Crippen molar-refractivity contribution in [2.75, 3.05) is 19.8 Å². The Bertz CT molecular complexity index is 528. The number of unbranched alkanes of at least 4 members (excludes halogenated alkanes) is 1. The predicted octanol–water partition coefficient (Wildman–Crippen LogP) is 2.31. The smallest absolute Gasteiger partial charge is 0.245 e. The van der Waals surface area contributed by atoms with Crippen LogP contribution in [0.15, 0.2) is 36.6 Å². The van der Waals surface area contributed by atoms with Gasteiger partial charge in [0.2, 0.25) is 11.8 Å². The first-order valence-corrected chi connectivity index (χ1v) is 9.32. The van der Waals surface area contributed by atoms with Gasteiger partial charge in [-0.15, -0.1) is 0 Å². The molecule has 0 aromatic heterocycles. The average Bonchev–Trinajstić information content (AvgIpc) is 3.05. The van der Waals surface area contributed by atoms with Crippen LogP contribution >= 0.6 is 0 Å². The summed E-state index contributed by atoms with van der Waals surface area (Å²) >= 11 is 0. The topological polar surface area (TPSA) is 78.9 Å². The van der Waals surface area contributed by atoms with E-state index >= 15 is 0 Å². The van der Waals surface area contributed by atoms with Gasteiger partial charge in [0.15, 0.2) is 0 Å². The van der Waals surface area contributed by atoms with Gasteiger partial charge in [-0.05, 0) is 51.7 Å². The minimum absolute atomic E-state index is 0.00761. The molecule has 1 rings (SSSR count). The third-order valence-corrected chi connectivity index (χ3v) is 4.32. The maximum atomic E-state index is 12.3. The number of aliphatic hydroxyl groups excluding tert-OH is 1. The summed E-state index contributed by atoms with van der Waals surface area (Å²) in [6.45, 7) is 8.41. The molecular weight excluding hydrogens is 332 g/mol. The normalized spacial score (nSPS) is 18.8. The van der Waals surface area contributed by atoms with Crippen molar-refractivity contribution < 1.29 is 19.4 Å². The molecule has 26 heavy (non-hydrogen) atoms. The van der Waals surface area contributed by atoms with E-state index in [1.807, 2.05) is 24.0 Å². The molecular formula is C20H32N2O4. The van der Waals surface area contributed by atoms with Crippen molar-refractivity contribution in [2.24, 2.45) is 0 Å². The molecule has 0 bridgehead atoms. The van der Waals surface area contributed by atoms with Crippen LogP contribution in [-0.4, -0.2) is 53.7 Å². The maximum absolute atomic E-state index is 12.3. The van der Waals surface area contributed by atoms with Crippen LogP contribution in [0.2, 0.25) is 0 Å². The summed E-state index contributed by atoms with van der Waals surface area (Å²) in [6, 6.07) is -0.206. The number of rotatable bonds is 11. The van der Waals surface area contributed by atoms with Crippen LogP contribution in [0.25, 0.3) is 0 Å². The van der Waals surface area contributed by atoms with Crippen LogP contribution in [0.1, 0.15) is 46.0 Å². The predicted molar refractivity (Wildman–Crippen MR) is 102 cm³/mol. The summed E-state index contributed by atoms with van der Waals surface area (Å²) in [5.41, 5.74) is 0. The fourth-order valence-electron chi connectivity index (χ4n) is 2.86. The average molecular weight is 364 g/mol. The van der Waals surface area contributed by atoms with Gasteiger partial charge in [0.05, 0.1) is 6.61 Å². The lowest BCUT2D eigenvalue weighted by atomic mass is 10.2. The van der Waals surface area contributed by atoms with Gasteiger partial charge in [0.25, 0.3) is 0 Å². The van der Waals surface area contributed by atoms with Gasteiger partial charge in [-0.2, -0.15) is 0 Å². The first-order valence-electron chi connectivity index (χ1n) is 9.32. The van der Waals surface area contributed by atoms with E-state index < -0.39 is 6.04 Å². The van der Waals surface area contributed by atoms with Gasteiger partial charge in [-0.25, -0.2) is 0 Å². The lowest BCUT2D eigenvalue weighted by molar-refractivity contribution is -0.136. The Morgan fingerprint density at radius 1 is 1.46 bits per heavy atom. The number of ether oxygens (including phenoxy) is 1. The molecule has 2 atom stereocenters. The number of nitrogens with one attached hydrogen (secondary N) is 1. The standard InChI is InChI=1S/C20H32N2O4/c1-4-18(26-15-14-23)11-7-5-6-8-12-19(24)21-17(3)20(25)22-13-9-10-16(22)2/h4-5,7,11,16-17,23H,1,6,8-10,12-15H2,2-3H3,(H,21,24)/b7-5-,18-11+/t16?,17-/m0/s1. The van der Waals surface area contributed by atoms with Crippen molar-refractivity contribution in [3.63, 3.8) is 0 Å². The second kappa shape index (κ2) is 12.3. The Kier molecular flexibility index (Phi) is 10.4. The van der Waals surface area contributed by atoms with Crippen molar-refractivity contribution in [2.45, 2.75) is 58.0 Å². The highest BCUT2D eigenvalue weighted by molar-refractivity contribution is 5.87. The molecule has 6 nitrogen and oxygen atoms in total. The molecule has 0 spiro atoms. The fraction of sp³-hybridized carbons (Fsp3) is 0.600. The molecule has 2 N–H and O–H groups in total. The van der Waals surface area contributed by atoms with E-state index in [9.17, 15) is 9.59 Å². The molecule has 0 saturated carbocycles. The van der Waals surface area contributed by atoms with E-state index in [2.05, 4.69) is 11.9 Å². The van der Waals surface area contributed by atoms with Crippen molar-refractivity contribution in [1.29, 1.82) is 0 Å². The van der Waals surface area contributed by atoms with E-state index in [1.165, 1.54) is 0 Å². The number of nitrogens with zero attached hydrogens (tertiary/aromatic N) is 1. The number of hydrogen-bond acceptors (Lipinski definition) is 4. The highest BCUT2D eigenvalue weighted by Crippen LogP contribution is 2.17. The molecule has 1 heterocycles. The highest BCUT2D eigenvalue weighted by Gasteiger charge is 2.28. The molecule has 0 aromatic carbocycles. The van der Waals surface area contributed by atoms with Crippen LogP contribution < -0.4 is 5.32 Å². The Morgan fingerprint density at radius 2 is 2.23 bits per heavy atom. The number of hydrogen-bond donors (Lipinski definition) is 2. The SMILES string of the molecule is C=C/C(=C\C=C/CCCC(=O)N[C@@H](C)C(=O)N1CCCC1C)OCCO. The molecule has 1 fully saturated rings. The van der Waals surface area contributed by atoms with E-state index in [4.69, 9.17) is 9.84 Å². The molecule has 1 aliphatic rings. The van der Waals surface area contributed by atoms with E-state index in [1.54, 1.807) is 19.1 Å². The zero-order valence-electron chi connectivity index (χ0n) is 15.9. The molecule has 2 amide bonds. The Hall–Kier alpha value is -2.08. The van der Waals surface area contributed by atoms with Crippen molar-refractivity contribution in [3.05, 3.63) is 36.6 Å². The molecule has 1 saturated heterocycles. The zero-order chi connectivity index (χ0) is 19.4. The van der Waals surface area contributed by atoms with Gasteiger partial charge >= 0.3 is 0 Å². The minimum Gasteiger partial charge on any atom is -0.491 e. The number of carbonyl (C=O) groups excluding carboxylic acids is 2. The van der Waals surface area contributed by atoms with Crippen LogP contribution in [0, 0.1) is 0 Å². The third-order valence-electron chi connectivity index (χ3n) is 4.32. The first kappa shape index (κ1) is 22.0. The van der Waals surface area contributed by atoms with Gasteiger partial charge in [-0.3, -0.25) is 9.59 Å². The number of carbonyl (C=O) groups is 2. The second-order valence-corrected chi connectivity index (χ2v) is 6.48. The summed E-state index contributed by atoms with van der Waals surface area (Å²) < 4.78 is 5.24. The first-order chi connectivity index (χ1) is 12.5. The summed E-state index contributed by atoms with van der Waals surface area (Å²) in [6.07, 6.45) is 11.0. The minimum atomic E-state index is -0.472. The third kappa shape index (κ3) is 7.87. The van der Waals surface area contributed by atoms with Crippen molar-refractivity contribution >= 4 is 11.8 Å². The molecule has 1 aliphatic heterocycles. The molecule has 6 heteroatoms. The summed E-state index contributed by atoms with van der Waals surface area (Å²) in [5, 5.41) is 11.5. The van der Waals surface area contributed by atoms with Crippen molar-refractivity contribution in [1.82, 2.24) is 10.2 Å². The summed E-state index contributed by atoms with van der Waals surface area (Å²) in [5.74, 6) is 0.504.